The normalized spacial score (nSPS) is 23.3. The number of aliphatic hydroxyl groups excluding tert-OH is 1. The van der Waals surface area contributed by atoms with Crippen LogP contribution in [0.3, 0.4) is 0 Å². The molecule has 1 saturated heterocycles. The number of hydrogen-bond donors (Lipinski definition) is 1. The first-order chi connectivity index (χ1) is 6.42. The highest BCUT2D eigenvalue weighted by molar-refractivity contribution is 5.12. The Morgan fingerprint density at radius 1 is 1.62 bits per heavy atom. The third-order valence-electron chi connectivity index (χ3n) is 2.35. The first-order valence-corrected chi connectivity index (χ1v) is 4.52. The number of aliphatic hydroxyl groups is 1. The van der Waals surface area contributed by atoms with Gasteiger partial charge in [0.15, 0.2) is 6.39 Å². The molecule has 1 fully saturated rings. The predicted molar refractivity (Wildman–Crippen MR) is 45.2 cm³/mol. The van der Waals surface area contributed by atoms with Crippen LogP contribution in [0.25, 0.3) is 0 Å². The molecule has 0 spiro atoms. The van der Waals surface area contributed by atoms with Crippen LogP contribution < -0.4 is 0 Å². The number of ether oxygens (including phenoxy) is 1. The van der Waals surface area contributed by atoms with Gasteiger partial charge in [0, 0.05) is 12.5 Å². The van der Waals surface area contributed by atoms with E-state index in [0.717, 1.165) is 25.2 Å². The van der Waals surface area contributed by atoms with Gasteiger partial charge in [0.25, 0.3) is 0 Å². The second-order valence-electron chi connectivity index (χ2n) is 3.24. The lowest BCUT2D eigenvalue weighted by atomic mass is 9.98. The topological polar surface area (TPSA) is 55.5 Å². The Bertz CT molecular complexity index is 266. The molecule has 4 heteroatoms. The Morgan fingerprint density at radius 3 is 3.23 bits per heavy atom. The van der Waals surface area contributed by atoms with Gasteiger partial charge < -0.3 is 14.3 Å². The molecular weight excluding hydrogens is 170 g/mol. The maximum absolute atomic E-state index is 8.97. The number of aromatic nitrogens is 1. The highest BCUT2D eigenvalue weighted by Gasteiger charge is 2.22. The molecule has 1 aliphatic heterocycles. The van der Waals surface area contributed by atoms with Crippen molar-refractivity contribution in [3.8, 4) is 0 Å². The number of rotatable bonds is 2. The van der Waals surface area contributed by atoms with Gasteiger partial charge in [-0.3, -0.25) is 0 Å². The summed E-state index contributed by atoms with van der Waals surface area (Å²) in [4.78, 5) is 3.94. The molecule has 0 amide bonds. The van der Waals surface area contributed by atoms with Crippen LogP contribution in [-0.4, -0.2) is 23.3 Å². The third kappa shape index (κ3) is 1.73. The second kappa shape index (κ2) is 3.89. The van der Waals surface area contributed by atoms with Gasteiger partial charge in [0.2, 0.25) is 0 Å². The van der Waals surface area contributed by atoms with Crippen molar-refractivity contribution in [2.24, 2.45) is 0 Å². The molecule has 1 N–H and O–H groups in total. The molecule has 0 radical (unpaired) electrons. The van der Waals surface area contributed by atoms with Crippen molar-refractivity contribution in [1.29, 1.82) is 0 Å². The molecule has 1 aliphatic rings. The van der Waals surface area contributed by atoms with Crippen LogP contribution in [0.15, 0.2) is 10.8 Å². The van der Waals surface area contributed by atoms with Crippen molar-refractivity contribution in [3.63, 3.8) is 0 Å². The zero-order chi connectivity index (χ0) is 9.10. The maximum atomic E-state index is 8.97. The summed E-state index contributed by atoms with van der Waals surface area (Å²) in [7, 11) is 0. The largest absolute Gasteiger partial charge is 0.448 e. The molecule has 1 atom stereocenters. The summed E-state index contributed by atoms with van der Waals surface area (Å²) in [6.07, 6.45) is 3.49. The predicted octanol–water partition coefficient (Wildman–Crippen LogP) is 1.06. The average Bonchev–Trinajstić information content (AvgIpc) is 2.67. The summed E-state index contributed by atoms with van der Waals surface area (Å²) in [5, 5.41) is 8.97. The lowest BCUT2D eigenvalue weighted by molar-refractivity contribution is 0.0733. The van der Waals surface area contributed by atoms with Crippen LogP contribution in [0.4, 0.5) is 0 Å². The maximum Gasteiger partial charge on any atom is 0.181 e. The van der Waals surface area contributed by atoms with E-state index in [-0.39, 0.29) is 12.5 Å². The van der Waals surface area contributed by atoms with E-state index in [1.807, 2.05) is 0 Å². The Labute approximate surface area is 76.5 Å². The molecular formula is C9H13NO3. The highest BCUT2D eigenvalue weighted by Crippen LogP contribution is 2.27. The van der Waals surface area contributed by atoms with Gasteiger partial charge >= 0.3 is 0 Å². The molecule has 13 heavy (non-hydrogen) atoms. The summed E-state index contributed by atoms with van der Waals surface area (Å²) in [6, 6.07) is 0. The van der Waals surface area contributed by atoms with E-state index in [9.17, 15) is 0 Å². The van der Waals surface area contributed by atoms with Crippen molar-refractivity contribution >= 4 is 0 Å². The molecule has 0 bridgehead atoms. The first-order valence-electron chi connectivity index (χ1n) is 4.52. The lowest BCUT2D eigenvalue weighted by Gasteiger charge is -2.20. The smallest absolute Gasteiger partial charge is 0.181 e. The Balaban J connectivity index is 2.13. The van der Waals surface area contributed by atoms with E-state index in [4.69, 9.17) is 14.3 Å². The minimum atomic E-state index is -0.0532. The molecule has 4 nitrogen and oxygen atoms in total. The molecule has 0 saturated carbocycles. The van der Waals surface area contributed by atoms with Crippen LogP contribution in [0.2, 0.25) is 0 Å². The Kier molecular flexibility index (Phi) is 2.61. The molecule has 72 valence electrons. The molecule has 0 aromatic carbocycles. The van der Waals surface area contributed by atoms with Crippen molar-refractivity contribution in [1.82, 2.24) is 4.98 Å². The van der Waals surface area contributed by atoms with Crippen LogP contribution in [-0.2, 0) is 11.3 Å². The summed E-state index contributed by atoms with van der Waals surface area (Å²) in [5.41, 5.74) is 0.649. The van der Waals surface area contributed by atoms with E-state index < -0.39 is 0 Å². The van der Waals surface area contributed by atoms with Gasteiger partial charge in [-0.1, -0.05) is 0 Å². The Morgan fingerprint density at radius 2 is 2.54 bits per heavy atom. The second-order valence-corrected chi connectivity index (χ2v) is 3.24. The summed E-state index contributed by atoms with van der Waals surface area (Å²) >= 11 is 0. The highest BCUT2D eigenvalue weighted by atomic mass is 16.5. The quantitative estimate of drug-likeness (QED) is 0.744. The van der Waals surface area contributed by atoms with Gasteiger partial charge in [-0.05, 0) is 12.8 Å². The van der Waals surface area contributed by atoms with E-state index in [2.05, 4.69) is 4.98 Å². The molecule has 1 aromatic heterocycles. The fourth-order valence-corrected chi connectivity index (χ4v) is 1.68. The van der Waals surface area contributed by atoms with Crippen molar-refractivity contribution in [2.45, 2.75) is 25.4 Å². The first kappa shape index (κ1) is 8.72. The molecule has 0 aliphatic carbocycles. The minimum absolute atomic E-state index is 0.0532. The summed E-state index contributed by atoms with van der Waals surface area (Å²) in [5.74, 6) is 1.07. The molecule has 2 heterocycles. The zero-order valence-electron chi connectivity index (χ0n) is 7.40. The molecule has 1 unspecified atom stereocenters. The van der Waals surface area contributed by atoms with Crippen LogP contribution in [0, 0.1) is 0 Å². The van der Waals surface area contributed by atoms with Crippen molar-refractivity contribution in [3.05, 3.63) is 17.8 Å². The van der Waals surface area contributed by atoms with E-state index in [1.165, 1.54) is 6.39 Å². The molecule has 2 rings (SSSR count). The van der Waals surface area contributed by atoms with Crippen LogP contribution in [0.1, 0.15) is 30.2 Å². The monoisotopic (exact) mass is 183 g/mol. The fraction of sp³-hybridized carbons (Fsp3) is 0.667. The van der Waals surface area contributed by atoms with Crippen molar-refractivity contribution < 1.29 is 14.3 Å². The van der Waals surface area contributed by atoms with Gasteiger partial charge in [0.1, 0.15) is 11.5 Å². The summed E-state index contributed by atoms with van der Waals surface area (Å²) in [6.45, 7) is 1.46. The average molecular weight is 183 g/mol. The van der Waals surface area contributed by atoms with Gasteiger partial charge in [-0.2, -0.15) is 0 Å². The third-order valence-corrected chi connectivity index (χ3v) is 2.35. The van der Waals surface area contributed by atoms with E-state index in [0.29, 0.717) is 12.3 Å². The van der Waals surface area contributed by atoms with Gasteiger partial charge in [-0.15, -0.1) is 0 Å². The summed E-state index contributed by atoms with van der Waals surface area (Å²) < 4.78 is 10.6. The van der Waals surface area contributed by atoms with E-state index in [1.54, 1.807) is 0 Å². The number of oxazole rings is 1. The zero-order valence-corrected chi connectivity index (χ0v) is 7.40. The number of hydrogen-bond acceptors (Lipinski definition) is 4. The fourth-order valence-electron chi connectivity index (χ4n) is 1.68. The minimum Gasteiger partial charge on any atom is -0.448 e. The molecule has 1 aromatic rings. The van der Waals surface area contributed by atoms with Gasteiger partial charge in [0.05, 0.1) is 13.2 Å². The number of nitrogens with zero attached hydrogens (tertiary/aromatic N) is 1. The SMILES string of the molecule is OCc1ncoc1C1CCCOC1. The van der Waals surface area contributed by atoms with E-state index >= 15 is 0 Å². The van der Waals surface area contributed by atoms with Crippen LogP contribution >= 0.6 is 0 Å². The lowest BCUT2D eigenvalue weighted by Crippen LogP contribution is -2.16. The standard InChI is InChI=1S/C9H13NO3/c11-4-8-9(13-6-10-8)7-2-1-3-12-5-7/h6-7,11H,1-5H2. The van der Waals surface area contributed by atoms with Crippen molar-refractivity contribution in [2.75, 3.05) is 13.2 Å². The Hall–Kier alpha value is -0.870. The van der Waals surface area contributed by atoms with Crippen LogP contribution in [0.5, 0.6) is 0 Å². The van der Waals surface area contributed by atoms with Gasteiger partial charge in [-0.25, -0.2) is 4.98 Å².